The average Bonchev–Trinajstić information content (AvgIpc) is 2.90. The Hall–Kier alpha value is -1.69. The summed E-state index contributed by atoms with van der Waals surface area (Å²) in [5, 5.41) is 12.1. The maximum absolute atomic E-state index is 4.58. The second-order valence-corrected chi connectivity index (χ2v) is 5.78. The quantitative estimate of drug-likeness (QED) is 0.909. The summed E-state index contributed by atoms with van der Waals surface area (Å²) in [4.78, 5) is 6.93. The van der Waals surface area contributed by atoms with Crippen LogP contribution in [-0.4, -0.2) is 45.3 Å². The topological polar surface area (TPSA) is 58.4 Å². The fourth-order valence-electron chi connectivity index (χ4n) is 3.05. The van der Waals surface area contributed by atoms with E-state index >= 15 is 0 Å². The van der Waals surface area contributed by atoms with Crippen LogP contribution in [0, 0.1) is 6.92 Å². The van der Waals surface area contributed by atoms with Crippen LogP contribution < -0.4 is 10.2 Å². The summed E-state index contributed by atoms with van der Waals surface area (Å²) in [6, 6.07) is 0.552. The summed E-state index contributed by atoms with van der Waals surface area (Å²) in [6.07, 6.45) is 8.73. The molecular formula is C15H24N6. The lowest BCUT2D eigenvalue weighted by molar-refractivity contribution is 0.398. The number of hydrogen-bond acceptors (Lipinski definition) is 5. The van der Waals surface area contributed by atoms with Crippen molar-refractivity contribution in [3.63, 3.8) is 0 Å². The minimum Gasteiger partial charge on any atom is -0.352 e. The summed E-state index contributed by atoms with van der Waals surface area (Å²) in [5.74, 6) is 1.85. The smallest absolute Gasteiger partial charge is 0.203 e. The van der Waals surface area contributed by atoms with Crippen molar-refractivity contribution < 1.29 is 0 Å². The molecule has 1 aliphatic heterocycles. The van der Waals surface area contributed by atoms with E-state index in [2.05, 4.69) is 32.3 Å². The lowest BCUT2D eigenvalue weighted by Crippen LogP contribution is -2.44. The molecule has 0 aliphatic carbocycles. The molecule has 2 aromatic rings. The minimum atomic E-state index is 0.552. The van der Waals surface area contributed by atoms with Gasteiger partial charge in [-0.25, -0.2) is 4.98 Å². The Kier molecular flexibility index (Phi) is 4.34. The highest BCUT2D eigenvalue weighted by molar-refractivity contribution is 5.63. The Morgan fingerprint density at radius 2 is 2.29 bits per heavy atom. The van der Waals surface area contributed by atoms with E-state index in [1.807, 2.05) is 23.7 Å². The first-order valence-corrected chi connectivity index (χ1v) is 7.94. The molecule has 0 saturated carbocycles. The first kappa shape index (κ1) is 14.3. The lowest BCUT2D eigenvalue weighted by atomic mass is 10.0. The predicted molar refractivity (Wildman–Crippen MR) is 83.7 cm³/mol. The van der Waals surface area contributed by atoms with Crippen LogP contribution in [0.5, 0.6) is 0 Å². The molecule has 1 atom stereocenters. The number of nitrogens with zero attached hydrogens (tertiary/aromatic N) is 5. The van der Waals surface area contributed by atoms with Crippen LogP contribution in [0.1, 0.15) is 38.4 Å². The largest absolute Gasteiger partial charge is 0.352 e. The lowest BCUT2D eigenvalue weighted by Gasteiger charge is -2.31. The molecule has 3 heterocycles. The predicted octanol–water partition coefficient (Wildman–Crippen LogP) is 1.79. The van der Waals surface area contributed by atoms with Crippen molar-refractivity contribution in [2.75, 3.05) is 24.5 Å². The van der Waals surface area contributed by atoms with Crippen molar-refractivity contribution in [2.45, 2.75) is 45.6 Å². The third-order valence-corrected chi connectivity index (χ3v) is 4.13. The summed E-state index contributed by atoms with van der Waals surface area (Å²) in [7, 11) is 0. The van der Waals surface area contributed by atoms with Crippen molar-refractivity contribution in [2.24, 2.45) is 0 Å². The summed E-state index contributed by atoms with van der Waals surface area (Å²) < 4.78 is 2.01. The molecule has 1 unspecified atom stereocenters. The molecule has 1 N–H and O–H groups in total. The van der Waals surface area contributed by atoms with Gasteiger partial charge in [0.1, 0.15) is 5.82 Å². The highest BCUT2D eigenvalue weighted by atomic mass is 15.3. The van der Waals surface area contributed by atoms with Gasteiger partial charge in [0.15, 0.2) is 5.82 Å². The average molecular weight is 288 g/mol. The van der Waals surface area contributed by atoms with E-state index in [-0.39, 0.29) is 0 Å². The Balaban J connectivity index is 1.87. The van der Waals surface area contributed by atoms with Crippen LogP contribution in [-0.2, 0) is 0 Å². The van der Waals surface area contributed by atoms with E-state index in [1.54, 1.807) is 0 Å². The molecule has 0 spiro atoms. The zero-order valence-corrected chi connectivity index (χ0v) is 12.9. The van der Waals surface area contributed by atoms with Crippen molar-refractivity contribution in [3.8, 4) is 0 Å². The van der Waals surface area contributed by atoms with Crippen LogP contribution in [0.15, 0.2) is 12.4 Å². The summed E-state index contributed by atoms with van der Waals surface area (Å²) in [6.45, 7) is 7.29. The zero-order valence-electron chi connectivity index (χ0n) is 12.9. The number of anilines is 1. The van der Waals surface area contributed by atoms with Crippen LogP contribution in [0.3, 0.4) is 0 Å². The van der Waals surface area contributed by atoms with Gasteiger partial charge in [-0.05, 0) is 32.7 Å². The Bertz CT molecular complexity index is 587. The van der Waals surface area contributed by atoms with E-state index in [1.165, 1.54) is 19.3 Å². The first-order chi connectivity index (χ1) is 10.3. The fraction of sp³-hybridized carbons (Fsp3) is 0.667. The molecule has 1 aliphatic rings. The number of piperidine rings is 1. The molecule has 1 saturated heterocycles. The summed E-state index contributed by atoms with van der Waals surface area (Å²) in [5.41, 5.74) is 0.860. The molecule has 0 radical (unpaired) electrons. The minimum absolute atomic E-state index is 0.552. The maximum Gasteiger partial charge on any atom is 0.203 e. The highest BCUT2D eigenvalue weighted by Gasteiger charge is 2.20. The van der Waals surface area contributed by atoms with Gasteiger partial charge in [0, 0.05) is 31.5 Å². The van der Waals surface area contributed by atoms with Gasteiger partial charge in [0.25, 0.3) is 0 Å². The molecule has 2 aromatic heterocycles. The number of rotatable bonds is 5. The van der Waals surface area contributed by atoms with E-state index < -0.39 is 0 Å². The molecule has 21 heavy (non-hydrogen) atoms. The van der Waals surface area contributed by atoms with Crippen LogP contribution in [0.4, 0.5) is 5.82 Å². The van der Waals surface area contributed by atoms with Crippen molar-refractivity contribution in [1.29, 1.82) is 0 Å². The second kappa shape index (κ2) is 6.39. The molecule has 6 nitrogen and oxygen atoms in total. The molecule has 0 aromatic carbocycles. The van der Waals surface area contributed by atoms with Gasteiger partial charge in [0.05, 0.1) is 0 Å². The van der Waals surface area contributed by atoms with Gasteiger partial charge < -0.3 is 10.2 Å². The first-order valence-electron chi connectivity index (χ1n) is 7.94. The van der Waals surface area contributed by atoms with E-state index in [0.717, 1.165) is 43.3 Å². The Morgan fingerprint density at radius 3 is 3.05 bits per heavy atom. The number of nitrogens with one attached hydrogen (secondary N) is 1. The van der Waals surface area contributed by atoms with E-state index in [9.17, 15) is 0 Å². The van der Waals surface area contributed by atoms with Gasteiger partial charge in [-0.2, -0.15) is 0 Å². The third kappa shape index (κ3) is 3.00. The molecule has 1 fully saturated rings. The van der Waals surface area contributed by atoms with E-state index in [0.29, 0.717) is 6.04 Å². The van der Waals surface area contributed by atoms with Gasteiger partial charge in [-0.15, -0.1) is 10.2 Å². The highest BCUT2D eigenvalue weighted by Crippen LogP contribution is 2.19. The van der Waals surface area contributed by atoms with Crippen LogP contribution >= 0.6 is 0 Å². The maximum atomic E-state index is 4.58. The Labute approximate surface area is 125 Å². The Morgan fingerprint density at radius 1 is 1.38 bits per heavy atom. The number of aryl methyl sites for hydroxylation is 1. The molecule has 0 bridgehead atoms. The number of hydrogen-bond donors (Lipinski definition) is 1. The molecular weight excluding hydrogens is 264 g/mol. The molecule has 0 amide bonds. The summed E-state index contributed by atoms with van der Waals surface area (Å²) >= 11 is 0. The normalized spacial score (nSPS) is 19.0. The van der Waals surface area contributed by atoms with Gasteiger partial charge >= 0.3 is 0 Å². The second-order valence-electron chi connectivity index (χ2n) is 5.78. The van der Waals surface area contributed by atoms with E-state index in [4.69, 9.17) is 0 Å². The fourth-order valence-corrected chi connectivity index (χ4v) is 3.05. The molecule has 3 rings (SSSR count). The van der Waals surface area contributed by atoms with Gasteiger partial charge in [0.2, 0.25) is 5.65 Å². The van der Waals surface area contributed by atoms with Crippen molar-refractivity contribution in [1.82, 2.24) is 24.9 Å². The van der Waals surface area contributed by atoms with Gasteiger partial charge in [-0.1, -0.05) is 13.3 Å². The van der Waals surface area contributed by atoms with Gasteiger partial charge in [-0.3, -0.25) is 4.40 Å². The number of aromatic nitrogens is 4. The van der Waals surface area contributed by atoms with Crippen molar-refractivity contribution >= 4 is 11.5 Å². The number of fused-ring (bicyclic) bond motifs is 1. The molecule has 114 valence electrons. The van der Waals surface area contributed by atoms with Crippen LogP contribution in [0.2, 0.25) is 0 Å². The molecule has 6 heteroatoms. The van der Waals surface area contributed by atoms with Crippen molar-refractivity contribution in [3.05, 3.63) is 18.2 Å². The third-order valence-electron chi connectivity index (χ3n) is 4.13. The standard InChI is InChI=1S/C15H24N6/c1-3-9-20(11-13-6-4-5-7-16-13)14-15-19-18-12(2)21(15)10-8-17-14/h8,10,13,16H,3-7,9,11H2,1-2H3. The zero-order chi connectivity index (χ0) is 14.7. The SMILES string of the molecule is CCCN(CC1CCCCN1)c1nccn2c(C)nnc12. The monoisotopic (exact) mass is 288 g/mol. The van der Waals surface area contributed by atoms with Crippen LogP contribution in [0.25, 0.3) is 5.65 Å².